The molecule has 0 aliphatic carbocycles. The Labute approximate surface area is 222 Å². The van der Waals surface area contributed by atoms with Crippen molar-refractivity contribution < 1.29 is 23.1 Å². The Balaban J connectivity index is 1.71. The second-order valence-electron chi connectivity index (χ2n) is 8.46. The van der Waals surface area contributed by atoms with Crippen LogP contribution >= 0.6 is 27.7 Å². The molecule has 1 atom stereocenters. The number of benzene rings is 3. The molecule has 0 radical (unpaired) electrons. The van der Waals surface area contributed by atoms with E-state index < -0.39 is 29.3 Å². The standard InChI is InChI=1S/C28H17BrF3NO3S/c29-24-22(14-18-8-4-7-17-6-1-2-10-20(17)18)21(26-33(25(24)34)23(15-37-26)27(35)36)12-11-16-5-3-9-19(13-16)28(30,31)32/h1-10,13,23H,14-15H2,(H,35,36)/t23-/m0/s1. The first-order valence-electron chi connectivity index (χ1n) is 11.1. The van der Waals surface area contributed by atoms with Crippen LogP contribution in [-0.2, 0) is 17.4 Å². The molecule has 1 aliphatic rings. The average Bonchev–Trinajstić information content (AvgIpc) is 3.32. The first kappa shape index (κ1) is 25.2. The van der Waals surface area contributed by atoms with Crippen LogP contribution in [-0.4, -0.2) is 21.4 Å². The van der Waals surface area contributed by atoms with Crippen molar-refractivity contribution in [2.24, 2.45) is 0 Å². The summed E-state index contributed by atoms with van der Waals surface area (Å²) in [6.45, 7) is 0. The fourth-order valence-electron chi connectivity index (χ4n) is 4.37. The molecular formula is C28H17BrF3NO3S. The Kier molecular flexibility index (Phi) is 6.65. The van der Waals surface area contributed by atoms with Gasteiger partial charge in [-0.25, -0.2) is 4.79 Å². The minimum Gasteiger partial charge on any atom is -0.480 e. The molecule has 0 bridgehead atoms. The first-order valence-corrected chi connectivity index (χ1v) is 12.9. The van der Waals surface area contributed by atoms with E-state index in [1.165, 1.54) is 28.5 Å². The van der Waals surface area contributed by atoms with Gasteiger partial charge >= 0.3 is 12.1 Å². The molecule has 0 saturated heterocycles. The summed E-state index contributed by atoms with van der Waals surface area (Å²) in [5.41, 5.74) is 0.780. The van der Waals surface area contributed by atoms with Crippen molar-refractivity contribution in [3.8, 4) is 11.8 Å². The number of thioether (sulfide) groups is 1. The lowest BCUT2D eigenvalue weighted by molar-refractivity contribution is -0.140. The molecule has 5 rings (SSSR count). The molecule has 0 unspecified atom stereocenters. The van der Waals surface area contributed by atoms with Crippen LogP contribution in [0.5, 0.6) is 0 Å². The molecule has 3 aromatic carbocycles. The molecule has 37 heavy (non-hydrogen) atoms. The number of aromatic nitrogens is 1. The van der Waals surface area contributed by atoms with E-state index in [-0.39, 0.29) is 15.8 Å². The van der Waals surface area contributed by atoms with E-state index in [4.69, 9.17) is 0 Å². The molecule has 0 saturated carbocycles. The number of fused-ring (bicyclic) bond motifs is 2. The summed E-state index contributed by atoms with van der Waals surface area (Å²) in [6, 6.07) is 17.3. The molecule has 1 N–H and O–H groups in total. The van der Waals surface area contributed by atoms with Crippen LogP contribution in [0.4, 0.5) is 13.2 Å². The highest BCUT2D eigenvalue weighted by molar-refractivity contribution is 9.10. The highest BCUT2D eigenvalue weighted by Gasteiger charge is 2.34. The third-order valence-corrected chi connectivity index (χ3v) is 8.12. The topological polar surface area (TPSA) is 59.3 Å². The van der Waals surface area contributed by atoms with Gasteiger partial charge in [-0.1, -0.05) is 60.4 Å². The number of carboxylic acid groups (broad SMARTS) is 1. The predicted molar refractivity (Wildman–Crippen MR) is 140 cm³/mol. The Morgan fingerprint density at radius 3 is 2.57 bits per heavy atom. The lowest BCUT2D eigenvalue weighted by Gasteiger charge is -2.16. The highest BCUT2D eigenvalue weighted by Crippen LogP contribution is 2.38. The molecule has 1 aliphatic heterocycles. The van der Waals surface area contributed by atoms with Gasteiger partial charge < -0.3 is 5.11 Å². The van der Waals surface area contributed by atoms with Crippen LogP contribution in [0.25, 0.3) is 10.8 Å². The van der Waals surface area contributed by atoms with Crippen molar-refractivity contribution in [2.75, 3.05) is 5.75 Å². The van der Waals surface area contributed by atoms with Gasteiger partial charge in [0.2, 0.25) is 0 Å². The van der Waals surface area contributed by atoms with E-state index in [9.17, 15) is 27.9 Å². The van der Waals surface area contributed by atoms with Gasteiger partial charge in [-0.3, -0.25) is 9.36 Å². The smallest absolute Gasteiger partial charge is 0.416 e. The number of rotatable bonds is 3. The van der Waals surface area contributed by atoms with Crippen LogP contribution in [0.1, 0.15) is 33.9 Å². The maximum Gasteiger partial charge on any atom is 0.416 e. The van der Waals surface area contributed by atoms with Crippen LogP contribution in [0.2, 0.25) is 0 Å². The Morgan fingerprint density at radius 1 is 1.08 bits per heavy atom. The van der Waals surface area contributed by atoms with Crippen molar-refractivity contribution in [1.29, 1.82) is 0 Å². The Morgan fingerprint density at radius 2 is 1.81 bits per heavy atom. The van der Waals surface area contributed by atoms with Gasteiger partial charge in [0.15, 0.2) is 0 Å². The number of pyridine rings is 1. The molecule has 0 fully saturated rings. The maximum atomic E-state index is 13.3. The van der Waals surface area contributed by atoms with Crippen molar-refractivity contribution in [1.82, 2.24) is 4.57 Å². The Hall–Kier alpha value is -3.48. The van der Waals surface area contributed by atoms with Crippen molar-refractivity contribution in [3.63, 3.8) is 0 Å². The van der Waals surface area contributed by atoms with E-state index in [2.05, 4.69) is 27.8 Å². The van der Waals surface area contributed by atoms with Gasteiger partial charge in [0.05, 0.1) is 20.6 Å². The van der Waals surface area contributed by atoms with Crippen molar-refractivity contribution >= 4 is 44.4 Å². The highest BCUT2D eigenvalue weighted by atomic mass is 79.9. The fraction of sp³-hybridized carbons (Fsp3) is 0.143. The molecule has 9 heteroatoms. The minimum absolute atomic E-state index is 0.146. The summed E-state index contributed by atoms with van der Waals surface area (Å²) in [7, 11) is 0. The van der Waals surface area contributed by atoms with Crippen LogP contribution in [0, 0.1) is 11.8 Å². The monoisotopic (exact) mass is 583 g/mol. The third kappa shape index (κ3) is 4.79. The SMILES string of the molecule is O=C(O)[C@@H]1CSc2c(C#Cc3cccc(C(F)(F)F)c3)c(Cc3cccc4ccccc34)c(Br)c(=O)n21. The molecule has 2 heterocycles. The number of halogens is 4. The molecule has 0 spiro atoms. The molecule has 186 valence electrons. The maximum absolute atomic E-state index is 13.3. The van der Waals surface area contributed by atoms with Crippen molar-refractivity contribution in [2.45, 2.75) is 23.7 Å². The Bertz CT molecular complexity index is 1680. The fourth-order valence-corrected chi connectivity index (χ4v) is 6.17. The number of nitrogens with zero attached hydrogens (tertiary/aromatic N) is 1. The second-order valence-corrected chi connectivity index (χ2v) is 10.3. The van der Waals surface area contributed by atoms with Gasteiger partial charge in [0, 0.05) is 17.7 Å². The number of alkyl halides is 3. The van der Waals surface area contributed by atoms with Gasteiger partial charge in [0.25, 0.3) is 5.56 Å². The molecule has 4 nitrogen and oxygen atoms in total. The normalized spacial score (nSPS) is 14.8. The zero-order valence-electron chi connectivity index (χ0n) is 19.0. The van der Waals surface area contributed by atoms with Crippen LogP contribution in [0.3, 0.4) is 0 Å². The number of carboxylic acids is 1. The van der Waals surface area contributed by atoms with Gasteiger partial charge in [-0.05, 0) is 56.0 Å². The average molecular weight is 584 g/mol. The number of aliphatic carboxylic acids is 1. The summed E-state index contributed by atoms with van der Waals surface area (Å²) in [6.07, 6.45) is -4.19. The van der Waals surface area contributed by atoms with E-state index in [0.29, 0.717) is 22.6 Å². The predicted octanol–water partition coefficient (Wildman–Crippen LogP) is 6.50. The van der Waals surface area contributed by atoms with Crippen molar-refractivity contribution in [3.05, 3.63) is 109 Å². The summed E-state index contributed by atoms with van der Waals surface area (Å²) in [4.78, 5) is 25.1. The summed E-state index contributed by atoms with van der Waals surface area (Å²) in [5, 5.41) is 12.1. The summed E-state index contributed by atoms with van der Waals surface area (Å²) < 4.78 is 41.0. The third-order valence-electron chi connectivity index (χ3n) is 6.15. The number of hydrogen-bond donors (Lipinski definition) is 1. The zero-order chi connectivity index (χ0) is 26.3. The number of hydrogen-bond acceptors (Lipinski definition) is 3. The molecule has 4 aromatic rings. The largest absolute Gasteiger partial charge is 0.480 e. The van der Waals surface area contributed by atoms with E-state index >= 15 is 0 Å². The van der Waals surface area contributed by atoms with Crippen LogP contribution < -0.4 is 5.56 Å². The summed E-state index contributed by atoms with van der Waals surface area (Å²) in [5.74, 6) is 4.80. The van der Waals surface area contributed by atoms with E-state index in [1.807, 2.05) is 42.5 Å². The molecule has 0 amide bonds. The lowest BCUT2D eigenvalue weighted by atomic mass is 9.96. The van der Waals surface area contributed by atoms with E-state index in [1.54, 1.807) is 0 Å². The second kappa shape index (κ2) is 9.77. The first-order chi connectivity index (χ1) is 17.6. The number of carbonyl (C=O) groups is 1. The van der Waals surface area contributed by atoms with E-state index in [0.717, 1.165) is 28.5 Å². The minimum atomic E-state index is -4.51. The zero-order valence-corrected chi connectivity index (χ0v) is 21.4. The quantitative estimate of drug-likeness (QED) is 0.279. The van der Waals surface area contributed by atoms with Gasteiger partial charge in [-0.2, -0.15) is 13.2 Å². The van der Waals surface area contributed by atoms with Gasteiger partial charge in [0.1, 0.15) is 6.04 Å². The van der Waals surface area contributed by atoms with Gasteiger partial charge in [-0.15, -0.1) is 11.8 Å². The van der Waals surface area contributed by atoms with Crippen LogP contribution in [0.15, 0.2) is 81.0 Å². The summed E-state index contributed by atoms with van der Waals surface area (Å²) >= 11 is 4.60. The lowest BCUT2D eigenvalue weighted by Crippen LogP contribution is -2.30. The molecular weight excluding hydrogens is 567 g/mol. The molecule has 1 aromatic heterocycles.